The van der Waals surface area contributed by atoms with Crippen molar-refractivity contribution < 1.29 is 9.59 Å². The normalized spacial score (nSPS) is 11.7. The molecule has 0 aliphatic rings. The number of hydrogen-bond donors (Lipinski definition) is 1. The van der Waals surface area contributed by atoms with Crippen molar-refractivity contribution in [3.05, 3.63) is 70.7 Å². The van der Waals surface area contributed by atoms with Crippen LogP contribution in [0.5, 0.6) is 0 Å². The first kappa shape index (κ1) is 21.0. The van der Waals surface area contributed by atoms with Crippen LogP contribution in [0.4, 0.5) is 0 Å². The Hall–Kier alpha value is -2.33. The van der Waals surface area contributed by atoms with Crippen LogP contribution < -0.4 is 5.32 Å². The molecule has 27 heavy (non-hydrogen) atoms. The van der Waals surface area contributed by atoms with Gasteiger partial charge in [0.25, 0.3) is 0 Å². The molecule has 5 heteroatoms. The van der Waals surface area contributed by atoms with Crippen LogP contribution in [0.3, 0.4) is 0 Å². The third-order valence-corrected chi connectivity index (χ3v) is 4.86. The second-order valence-electron chi connectivity index (χ2n) is 6.60. The predicted octanol–water partition coefficient (Wildman–Crippen LogP) is 4.22. The van der Waals surface area contributed by atoms with E-state index in [1.807, 2.05) is 48.5 Å². The molecular formula is C22H27ClN2O2. The highest BCUT2D eigenvalue weighted by Crippen LogP contribution is 2.18. The van der Waals surface area contributed by atoms with Crippen molar-refractivity contribution in [1.29, 1.82) is 0 Å². The van der Waals surface area contributed by atoms with Crippen molar-refractivity contribution in [2.45, 2.75) is 45.7 Å². The van der Waals surface area contributed by atoms with Gasteiger partial charge in [0, 0.05) is 18.1 Å². The van der Waals surface area contributed by atoms with Gasteiger partial charge in [-0.05, 0) is 30.5 Å². The quantitative estimate of drug-likeness (QED) is 0.656. The molecule has 0 saturated carbocycles. The van der Waals surface area contributed by atoms with Crippen LogP contribution >= 0.6 is 11.6 Å². The molecule has 0 fully saturated rings. The number of nitrogens with zero attached hydrogens (tertiary/aromatic N) is 1. The summed E-state index contributed by atoms with van der Waals surface area (Å²) in [6, 6.07) is 16.4. The number of rotatable bonds is 9. The van der Waals surface area contributed by atoms with Crippen molar-refractivity contribution in [1.82, 2.24) is 10.2 Å². The van der Waals surface area contributed by atoms with E-state index in [-0.39, 0.29) is 18.2 Å². The summed E-state index contributed by atoms with van der Waals surface area (Å²) in [6.45, 7) is 4.85. The van der Waals surface area contributed by atoms with Crippen molar-refractivity contribution >= 4 is 23.4 Å². The van der Waals surface area contributed by atoms with Crippen LogP contribution in [0.2, 0.25) is 5.02 Å². The highest BCUT2D eigenvalue weighted by Gasteiger charge is 2.26. The lowest BCUT2D eigenvalue weighted by Gasteiger charge is -2.29. The number of halogens is 1. The maximum absolute atomic E-state index is 13.0. The van der Waals surface area contributed by atoms with E-state index in [1.165, 1.54) is 0 Å². The maximum atomic E-state index is 13.0. The number of carbonyl (C=O) groups is 2. The van der Waals surface area contributed by atoms with Crippen LogP contribution in [-0.2, 0) is 22.6 Å². The lowest BCUT2D eigenvalue weighted by atomic mass is 10.1. The van der Waals surface area contributed by atoms with Gasteiger partial charge in [-0.2, -0.15) is 0 Å². The number of unbranched alkanes of at least 4 members (excludes halogenated alkanes) is 1. The van der Waals surface area contributed by atoms with Gasteiger partial charge in [0.05, 0.1) is 6.42 Å². The fourth-order valence-electron chi connectivity index (χ4n) is 2.81. The lowest BCUT2D eigenvalue weighted by molar-refractivity contribution is -0.140. The van der Waals surface area contributed by atoms with Gasteiger partial charge in [0.2, 0.25) is 11.8 Å². The zero-order valence-corrected chi connectivity index (χ0v) is 16.7. The molecule has 2 aromatic carbocycles. The van der Waals surface area contributed by atoms with E-state index in [0.717, 1.165) is 24.0 Å². The first-order valence-electron chi connectivity index (χ1n) is 9.37. The van der Waals surface area contributed by atoms with Gasteiger partial charge in [-0.3, -0.25) is 9.59 Å². The summed E-state index contributed by atoms with van der Waals surface area (Å²) in [7, 11) is 0. The molecule has 2 rings (SSSR count). The number of hydrogen-bond acceptors (Lipinski definition) is 2. The molecule has 0 radical (unpaired) electrons. The number of benzene rings is 2. The SMILES string of the molecule is CCCCNC(=O)[C@@H](C)N(Cc1ccccc1)C(=O)Cc1ccccc1Cl. The van der Waals surface area contributed by atoms with E-state index in [1.54, 1.807) is 17.9 Å². The maximum Gasteiger partial charge on any atom is 0.242 e. The third-order valence-electron chi connectivity index (χ3n) is 4.49. The van der Waals surface area contributed by atoms with E-state index < -0.39 is 6.04 Å². The molecule has 4 nitrogen and oxygen atoms in total. The molecule has 2 amide bonds. The van der Waals surface area contributed by atoms with Gasteiger partial charge >= 0.3 is 0 Å². The summed E-state index contributed by atoms with van der Waals surface area (Å²) in [5.41, 5.74) is 1.75. The van der Waals surface area contributed by atoms with Crippen molar-refractivity contribution in [2.75, 3.05) is 6.54 Å². The summed E-state index contributed by atoms with van der Waals surface area (Å²) >= 11 is 6.21. The fourth-order valence-corrected chi connectivity index (χ4v) is 3.01. The Morgan fingerprint density at radius 1 is 1.07 bits per heavy atom. The zero-order valence-electron chi connectivity index (χ0n) is 16.0. The predicted molar refractivity (Wildman–Crippen MR) is 110 cm³/mol. The Balaban J connectivity index is 2.16. The van der Waals surface area contributed by atoms with E-state index in [4.69, 9.17) is 11.6 Å². The summed E-state index contributed by atoms with van der Waals surface area (Å²) in [5.74, 6) is -0.253. The third kappa shape index (κ3) is 6.40. The van der Waals surface area contributed by atoms with Crippen molar-refractivity contribution in [2.24, 2.45) is 0 Å². The molecule has 0 spiro atoms. The smallest absolute Gasteiger partial charge is 0.242 e. The highest BCUT2D eigenvalue weighted by atomic mass is 35.5. The van der Waals surface area contributed by atoms with Gasteiger partial charge < -0.3 is 10.2 Å². The average Bonchev–Trinajstić information content (AvgIpc) is 2.68. The highest BCUT2D eigenvalue weighted by molar-refractivity contribution is 6.31. The van der Waals surface area contributed by atoms with Crippen molar-refractivity contribution in [3.63, 3.8) is 0 Å². The molecule has 2 aromatic rings. The molecule has 0 aliphatic carbocycles. The molecule has 1 N–H and O–H groups in total. The summed E-state index contributed by atoms with van der Waals surface area (Å²) in [4.78, 5) is 27.2. The van der Waals surface area contributed by atoms with Crippen LogP contribution in [0.25, 0.3) is 0 Å². The molecule has 0 bridgehead atoms. The molecule has 144 valence electrons. The molecule has 0 aromatic heterocycles. The van der Waals surface area contributed by atoms with Crippen LogP contribution in [0.15, 0.2) is 54.6 Å². The van der Waals surface area contributed by atoms with E-state index in [9.17, 15) is 9.59 Å². The van der Waals surface area contributed by atoms with Gasteiger partial charge in [-0.1, -0.05) is 73.5 Å². The first-order valence-corrected chi connectivity index (χ1v) is 9.75. The Morgan fingerprint density at radius 3 is 2.41 bits per heavy atom. The summed E-state index contributed by atoms with van der Waals surface area (Å²) in [6.07, 6.45) is 2.09. The van der Waals surface area contributed by atoms with Gasteiger partial charge in [0.15, 0.2) is 0 Å². The van der Waals surface area contributed by atoms with Crippen LogP contribution in [0.1, 0.15) is 37.8 Å². The van der Waals surface area contributed by atoms with E-state index >= 15 is 0 Å². The zero-order chi connectivity index (χ0) is 19.6. The lowest BCUT2D eigenvalue weighted by Crippen LogP contribution is -2.48. The standard InChI is InChI=1S/C22H27ClN2O2/c1-3-4-14-24-22(27)17(2)25(16-18-10-6-5-7-11-18)21(26)15-19-12-8-9-13-20(19)23/h5-13,17H,3-4,14-16H2,1-2H3,(H,24,27)/t17-/m1/s1. The Kier molecular flexibility index (Phi) is 8.34. The van der Waals surface area contributed by atoms with Crippen LogP contribution in [-0.4, -0.2) is 29.3 Å². The minimum atomic E-state index is -0.558. The Bertz CT molecular complexity index is 749. The molecule has 0 saturated heterocycles. The monoisotopic (exact) mass is 386 g/mol. The Morgan fingerprint density at radius 2 is 1.74 bits per heavy atom. The second-order valence-corrected chi connectivity index (χ2v) is 7.00. The van der Waals surface area contributed by atoms with Crippen LogP contribution in [0, 0.1) is 0 Å². The number of amides is 2. The topological polar surface area (TPSA) is 49.4 Å². The Labute approximate surface area is 166 Å². The fraction of sp³-hybridized carbons (Fsp3) is 0.364. The average molecular weight is 387 g/mol. The summed E-state index contributed by atoms with van der Waals surface area (Å²) < 4.78 is 0. The van der Waals surface area contributed by atoms with Crippen molar-refractivity contribution in [3.8, 4) is 0 Å². The van der Waals surface area contributed by atoms with Gasteiger partial charge in [0.1, 0.15) is 6.04 Å². The number of carbonyl (C=O) groups excluding carboxylic acids is 2. The largest absolute Gasteiger partial charge is 0.354 e. The molecule has 0 unspecified atom stereocenters. The second kappa shape index (κ2) is 10.7. The number of nitrogens with one attached hydrogen (secondary N) is 1. The molecular weight excluding hydrogens is 360 g/mol. The molecule has 0 heterocycles. The summed E-state index contributed by atoms with van der Waals surface area (Å²) in [5, 5.41) is 3.48. The first-order chi connectivity index (χ1) is 13.0. The van der Waals surface area contributed by atoms with E-state index in [0.29, 0.717) is 18.1 Å². The van der Waals surface area contributed by atoms with Gasteiger partial charge in [-0.15, -0.1) is 0 Å². The minimum Gasteiger partial charge on any atom is -0.354 e. The minimum absolute atomic E-state index is 0.120. The molecule has 0 aliphatic heterocycles. The van der Waals surface area contributed by atoms with E-state index in [2.05, 4.69) is 12.2 Å². The van der Waals surface area contributed by atoms with Gasteiger partial charge in [-0.25, -0.2) is 0 Å². The molecule has 1 atom stereocenters.